The van der Waals surface area contributed by atoms with Crippen LogP contribution in [-0.4, -0.2) is 31.1 Å². The molecule has 1 amide bonds. The Hall–Kier alpha value is -4.30. The number of hydrogen-bond donors (Lipinski definition) is 3. The molecule has 3 aromatic carbocycles. The molecule has 2 heterocycles. The van der Waals surface area contributed by atoms with E-state index in [1.807, 2.05) is 45.0 Å². The fourth-order valence-electron chi connectivity index (χ4n) is 6.05. The predicted molar refractivity (Wildman–Crippen MR) is 150 cm³/mol. The largest absolute Gasteiger partial charge is 0.390 e. The van der Waals surface area contributed by atoms with Crippen LogP contribution in [0.3, 0.4) is 0 Å². The number of hydrogen-bond acceptors (Lipinski definition) is 4. The molecule has 1 aliphatic carbocycles. The molecule has 2 aromatic heterocycles. The molecule has 0 aliphatic heterocycles. The Morgan fingerprint density at radius 3 is 2.64 bits per heavy atom. The third kappa shape index (κ3) is 3.94. The highest BCUT2D eigenvalue weighted by molar-refractivity contribution is 6.11. The fraction of sp³-hybridized carbons (Fsp3) is 0.258. The van der Waals surface area contributed by atoms with Crippen LogP contribution in [0.1, 0.15) is 47.4 Å². The molecule has 0 radical (unpaired) electrons. The fourth-order valence-corrected chi connectivity index (χ4v) is 6.05. The maximum absolute atomic E-state index is 14.6. The van der Waals surface area contributed by atoms with Gasteiger partial charge in [0.15, 0.2) is 0 Å². The summed E-state index contributed by atoms with van der Waals surface area (Å²) in [6.45, 7) is 5.58. The second kappa shape index (κ2) is 8.88. The first kappa shape index (κ1) is 25.0. The number of nitrogens with one attached hydrogen (secondary N) is 1. The number of halogens is 1. The Morgan fingerprint density at radius 1 is 1.13 bits per heavy atom. The number of nitrogens with two attached hydrogens (primary N) is 1. The number of nitrogens with zero attached hydrogens (tertiary/aromatic N) is 2. The summed E-state index contributed by atoms with van der Waals surface area (Å²) in [6, 6.07) is 13.7. The second-order valence-electron chi connectivity index (χ2n) is 11.0. The lowest BCUT2D eigenvalue weighted by atomic mass is 9.77. The molecule has 0 spiro atoms. The van der Waals surface area contributed by atoms with Crippen molar-refractivity contribution in [2.24, 2.45) is 11.7 Å². The third-order valence-electron chi connectivity index (χ3n) is 8.20. The number of carbonyl (C=O) groups is 1. The summed E-state index contributed by atoms with van der Waals surface area (Å²) in [5.41, 5.74) is 11.1. The zero-order valence-corrected chi connectivity index (χ0v) is 22.0. The number of aromatic amines is 1. The average Bonchev–Trinajstić information content (AvgIpc) is 3.27. The normalized spacial score (nSPS) is 15.6. The maximum atomic E-state index is 14.6. The van der Waals surface area contributed by atoms with Crippen molar-refractivity contribution in [3.63, 3.8) is 0 Å². The molecule has 0 fully saturated rings. The van der Waals surface area contributed by atoms with Crippen LogP contribution in [0.5, 0.6) is 0 Å². The summed E-state index contributed by atoms with van der Waals surface area (Å²) >= 11 is 0. The Morgan fingerprint density at radius 2 is 1.90 bits per heavy atom. The molecule has 198 valence electrons. The van der Waals surface area contributed by atoms with Crippen LogP contribution in [0.4, 0.5) is 4.39 Å². The lowest BCUT2D eigenvalue weighted by Crippen LogP contribution is -2.34. The molecular weight excluding hydrogens is 495 g/mol. The van der Waals surface area contributed by atoms with Crippen LogP contribution in [0.2, 0.25) is 0 Å². The molecule has 1 unspecified atom stereocenters. The van der Waals surface area contributed by atoms with Gasteiger partial charge in [0.1, 0.15) is 17.5 Å². The molecule has 8 heteroatoms. The maximum Gasteiger partial charge on any atom is 0.268 e. The number of rotatable bonds is 4. The predicted octanol–water partition coefficient (Wildman–Crippen LogP) is 4.96. The minimum absolute atomic E-state index is 0.0564. The van der Waals surface area contributed by atoms with Crippen molar-refractivity contribution in [1.82, 2.24) is 14.5 Å². The number of aryl methyl sites for hydroxylation is 1. The van der Waals surface area contributed by atoms with Gasteiger partial charge in [-0.3, -0.25) is 14.2 Å². The summed E-state index contributed by atoms with van der Waals surface area (Å²) in [4.78, 5) is 33.5. The zero-order chi connectivity index (χ0) is 27.6. The van der Waals surface area contributed by atoms with Crippen molar-refractivity contribution in [1.29, 1.82) is 0 Å². The molecule has 7 nitrogen and oxygen atoms in total. The lowest BCUT2D eigenvalue weighted by Gasteiger charge is -2.32. The van der Waals surface area contributed by atoms with Gasteiger partial charge in [-0.2, -0.15) is 0 Å². The summed E-state index contributed by atoms with van der Waals surface area (Å²) in [7, 11) is 0. The van der Waals surface area contributed by atoms with Gasteiger partial charge >= 0.3 is 0 Å². The number of primary amides is 1. The quantitative estimate of drug-likeness (QED) is 0.308. The molecule has 0 saturated carbocycles. The van der Waals surface area contributed by atoms with Crippen LogP contribution in [0.25, 0.3) is 38.6 Å². The standard InChI is InChI=1S/C31H29FN4O3/c1-16-18(6-4-9-25(16)36-15-34-23-8-5-7-22(32)27(23)30(36)38)19-12-13-21(29(33)37)28-26(19)20-11-10-17(31(2,3)39)14-24(20)35-28/h4-9,12-13,15,17,35,39H,10-11,14H2,1-3H3,(H2,33,37). The third-order valence-corrected chi connectivity index (χ3v) is 8.20. The summed E-state index contributed by atoms with van der Waals surface area (Å²) in [5, 5.41) is 11.5. The first-order valence-corrected chi connectivity index (χ1v) is 13.0. The van der Waals surface area contributed by atoms with Gasteiger partial charge in [-0.15, -0.1) is 0 Å². The smallest absolute Gasteiger partial charge is 0.268 e. The van der Waals surface area contributed by atoms with E-state index in [4.69, 9.17) is 5.73 Å². The molecule has 6 rings (SSSR count). The van der Waals surface area contributed by atoms with Crippen LogP contribution in [-0.2, 0) is 12.8 Å². The van der Waals surface area contributed by atoms with Crippen molar-refractivity contribution in [2.45, 2.75) is 45.6 Å². The minimum atomic E-state index is -0.824. The number of benzene rings is 3. The molecule has 5 aromatic rings. The van der Waals surface area contributed by atoms with Crippen LogP contribution >= 0.6 is 0 Å². The Bertz CT molecular complexity index is 1860. The van der Waals surface area contributed by atoms with Gasteiger partial charge in [0.2, 0.25) is 0 Å². The van der Waals surface area contributed by atoms with Gasteiger partial charge in [-0.1, -0.05) is 24.3 Å². The minimum Gasteiger partial charge on any atom is -0.390 e. The van der Waals surface area contributed by atoms with Crippen molar-refractivity contribution in [2.75, 3.05) is 0 Å². The molecular formula is C31H29FN4O3. The topological polar surface area (TPSA) is 114 Å². The Kier molecular flexibility index (Phi) is 5.69. The van der Waals surface area contributed by atoms with Gasteiger partial charge in [0.05, 0.1) is 27.9 Å². The monoisotopic (exact) mass is 524 g/mol. The first-order chi connectivity index (χ1) is 18.6. The van der Waals surface area contributed by atoms with E-state index in [9.17, 15) is 19.1 Å². The molecule has 0 bridgehead atoms. The lowest BCUT2D eigenvalue weighted by molar-refractivity contribution is 0.0107. The van der Waals surface area contributed by atoms with E-state index < -0.39 is 22.9 Å². The van der Waals surface area contributed by atoms with Gasteiger partial charge in [0, 0.05) is 11.1 Å². The molecule has 0 saturated heterocycles. The van der Waals surface area contributed by atoms with E-state index in [0.717, 1.165) is 46.2 Å². The van der Waals surface area contributed by atoms with E-state index >= 15 is 0 Å². The molecule has 1 aliphatic rings. The molecule has 4 N–H and O–H groups in total. The number of amides is 1. The van der Waals surface area contributed by atoms with E-state index in [1.54, 1.807) is 12.1 Å². The number of aliphatic hydroxyl groups is 1. The highest BCUT2D eigenvalue weighted by Crippen LogP contribution is 2.42. The second-order valence-corrected chi connectivity index (χ2v) is 11.0. The summed E-state index contributed by atoms with van der Waals surface area (Å²) in [6.07, 6.45) is 3.64. The molecule has 39 heavy (non-hydrogen) atoms. The van der Waals surface area contributed by atoms with E-state index in [1.165, 1.54) is 23.0 Å². The number of aromatic nitrogens is 3. The number of fused-ring (bicyclic) bond motifs is 4. The van der Waals surface area contributed by atoms with Crippen LogP contribution in [0.15, 0.2) is 59.7 Å². The highest BCUT2D eigenvalue weighted by Gasteiger charge is 2.33. The van der Waals surface area contributed by atoms with Crippen molar-refractivity contribution < 1.29 is 14.3 Å². The number of carbonyl (C=O) groups excluding carboxylic acids is 1. The van der Waals surface area contributed by atoms with Gasteiger partial charge < -0.3 is 15.8 Å². The van der Waals surface area contributed by atoms with Crippen LogP contribution in [0, 0.1) is 18.7 Å². The summed E-state index contributed by atoms with van der Waals surface area (Å²) in [5.74, 6) is -1.05. The first-order valence-electron chi connectivity index (χ1n) is 13.0. The van der Waals surface area contributed by atoms with Crippen molar-refractivity contribution >= 4 is 27.7 Å². The van der Waals surface area contributed by atoms with E-state index in [0.29, 0.717) is 28.7 Å². The van der Waals surface area contributed by atoms with Gasteiger partial charge in [0.25, 0.3) is 11.5 Å². The average molecular weight is 525 g/mol. The van der Waals surface area contributed by atoms with Gasteiger partial charge in [-0.25, -0.2) is 9.37 Å². The Labute approximate surface area is 224 Å². The van der Waals surface area contributed by atoms with Gasteiger partial charge in [-0.05, 0) is 92.5 Å². The van der Waals surface area contributed by atoms with E-state index in [2.05, 4.69) is 9.97 Å². The number of H-pyrrole nitrogens is 1. The van der Waals surface area contributed by atoms with Crippen LogP contribution < -0.4 is 11.3 Å². The van der Waals surface area contributed by atoms with E-state index in [-0.39, 0.29) is 11.3 Å². The molecule has 1 atom stereocenters. The Balaban J connectivity index is 1.57. The zero-order valence-electron chi connectivity index (χ0n) is 22.0. The van der Waals surface area contributed by atoms with Crippen molar-refractivity contribution in [3.8, 4) is 16.8 Å². The SMILES string of the molecule is Cc1c(-c2ccc(C(N)=O)c3[nH]c4c(c23)CCC(C(C)(C)O)C4)cccc1-n1cnc2cccc(F)c2c1=O. The summed E-state index contributed by atoms with van der Waals surface area (Å²) < 4.78 is 16.0. The highest BCUT2D eigenvalue weighted by atomic mass is 19.1. The van der Waals surface area contributed by atoms with Crippen molar-refractivity contribution in [3.05, 3.63) is 93.4 Å².